The molecule has 0 aliphatic heterocycles. The number of carbonyl (C=O) groups excluding carboxylic acids is 3. The summed E-state index contributed by atoms with van der Waals surface area (Å²) >= 11 is 0. The standard InChI is InChI=1S/C15H13NO4/c1-2-20-15(19)14(18)9-13(17)12-8-7-10-5-3-4-6-11(10)16-12/h3-8H,2,9H2,1H3. The topological polar surface area (TPSA) is 73.3 Å². The fourth-order valence-corrected chi connectivity index (χ4v) is 1.74. The summed E-state index contributed by atoms with van der Waals surface area (Å²) in [5.41, 5.74) is 0.836. The molecule has 0 aliphatic carbocycles. The molecule has 0 saturated carbocycles. The average Bonchev–Trinajstić information content (AvgIpc) is 2.46. The summed E-state index contributed by atoms with van der Waals surface area (Å²) in [4.78, 5) is 38.7. The molecule has 0 unspecified atom stereocenters. The average molecular weight is 271 g/mol. The lowest BCUT2D eigenvalue weighted by Crippen LogP contribution is -2.21. The number of benzene rings is 1. The number of Topliss-reactive ketones (excluding diaryl/α,β-unsaturated/α-hetero) is 2. The SMILES string of the molecule is CCOC(=O)C(=O)CC(=O)c1ccc2ccccc2n1. The van der Waals surface area contributed by atoms with Gasteiger partial charge in [0.25, 0.3) is 0 Å². The van der Waals surface area contributed by atoms with Gasteiger partial charge in [-0.25, -0.2) is 9.78 Å². The molecule has 1 aromatic heterocycles. The summed E-state index contributed by atoms with van der Waals surface area (Å²) in [6.07, 6.45) is -0.524. The maximum atomic E-state index is 11.9. The van der Waals surface area contributed by atoms with Crippen LogP contribution in [0.1, 0.15) is 23.8 Å². The number of ketones is 2. The molecular weight excluding hydrogens is 258 g/mol. The number of fused-ring (bicyclic) bond motifs is 1. The van der Waals surface area contributed by atoms with E-state index in [4.69, 9.17) is 0 Å². The Balaban J connectivity index is 2.15. The van der Waals surface area contributed by atoms with Crippen molar-refractivity contribution in [2.75, 3.05) is 6.61 Å². The van der Waals surface area contributed by atoms with Gasteiger partial charge >= 0.3 is 5.97 Å². The van der Waals surface area contributed by atoms with Crippen molar-refractivity contribution in [2.24, 2.45) is 0 Å². The van der Waals surface area contributed by atoms with Crippen molar-refractivity contribution in [1.82, 2.24) is 4.98 Å². The number of ether oxygens (including phenoxy) is 1. The van der Waals surface area contributed by atoms with Crippen molar-refractivity contribution in [3.63, 3.8) is 0 Å². The van der Waals surface area contributed by atoms with Crippen LogP contribution in [0.25, 0.3) is 10.9 Å². The minimum absolute atomic E-state index is 0.104. The van der Waals surface area contributed by atoms with Gasteiger partial charge in [0.1, 0.15) is 5.69 Å². The highest BCUT2D eigenvalue weighted by Crippen LogP contribution is 2.13. The lowest BCUT2D eigenvalue weighted by molar-refractivity contribution is -0.153. The first-order valence-electron chi connectivity index (χ1n) is 6.20. The fraction of sp³-hybridized carbons (Fsp3) is 0.200. The first-order chi connectivity index (χ1) is 9.61. The number of hydrogen-bond acceptors (Lipinski definition) is 5. The molecule has 0 atom stereocenters. The van der Waals surface area contributed by atoms with Crippen molar-refractivity contribution in [2.45, 2.75) is 13.3 Å². The van der Waals surface area contributed by atoms with Gasteiger partial charge in [0, 0.05) is 5.39 Å². The highest BCUT2D eigenvalue weighted by atomic mass is 16.5. The molecule has 20 heavy (non-hydrogen) atoms. The second kappa shape index (κ2) is 6.06. The van der Waals surface area contributed by atoms with E-state index in [0.717, 1.165) is 5.39 Å². The number of carbonyl (C=O) groups is 3. The van der Waals surface area contributed by atoms with Crippen molar-refractivity contribution in [1.29, 1.82) is 0 Å². The molecule has 0 radical (unpaired) electrons. The molecular formula is C15H13NO4. The van der Waals surface area contributed by atoms with Crippen LogP contribution in [0.2, 0.25) is 0 Å². The van der Waals surface area contributed by atoms with Crippen LogP contribution < -0.4 is 0 Å². The Morgan fingerprint density at radius 2 is 1.85 bits per heavy atom. The lowest BCUT2D eigenvalue weighted by Gasteiger charge is -2.02. The molecule has 0 aliphatic rings. The van der Waals surface area contributed by atoms with E-state index in [1.165, 1.54) is 0 Å². The summed E-state index contributed by atoms with van der Waals surface area (Å²) in [6, 6.07) is 10.6. The highest BCUT2D eigenvalue weighted by Gasteiger charge is 2.20. The number of rotatable bonds is 5. The fourth-order valence-electron chi connectivity index (χ4n) is 1.74. The molecule has 0 saturated heterocycles. The molecule has 2 rings (SSSR count). The predicted octanol–water partition coefficient (Wildman–Crippen LogP) is 1.94. The van der Waals surface area contributed by atoms with E-state index in [1.807, 2.05) is 18.2 Å². The molecule has 5 nitrogen and oxygen atoms in total. The molecule has 1 aromatic carbocycles. The van der Waals surface area contributed by atoms with Gasteiger partial charge in [-0.15, -0.1) is 0 Å². The van der Waals surface area contributed by atoms with Gasteiger partial charge < -0.3 is 4.74 Å². The largest absolute Gasteiger partial charge is 0.460 e. The molecule has 0 N–H and O–H groups in total. The number of pyridine rings is 1. The minimum Gasteiger partial charge on any atom is -0.460 e. The van der Waals surface area contributed by atoms with E-state index in [-0.39, 0.29) is 12.3 Å². The summed E-state index contributed by atoms with van der Waals surface area (Å²) in [7, 11) is 0. The van der Waals surface area contributed by atoms with E-state index in [0.29, 0.717) is 5.52 Å². The van der Waals surface area contributed by atoms with Gasteiger partial charge in [0.2, 0.25) is 5.78 Å². The number of esters is 1. The molecule has 0 fully saturated rings. The molecule has 0 amide bonds. The molecule has 1 heterocycles. The normalized spacial score (nSPS) is 10.2. The van der Waals surface area contributed by atoms with Crippen LogP contribution >= 0.6 is 0 Å². The first kappa shape index (κ1) is 13.9. The van der Waals surface area contributed by atoms with Crippen LogP contribution in [0.3, 0.4) is 0 Å². The third kappa shape index (κ3) is 3.06. The summed E-state index contributed by atoms with van der Waals surface area (Å²) in [5, 5.41) is 0.903. The number of hydrogen-bond donors (Lipinski definition) is 0. The van der Waals surface area contributed by atoms with Crippen LogP contribution in [-0.2, 0) is 14.3 Å². The van der Waals surface area contributed by atoms with E-state index < -0.39 is 24.0 Å². The Morgan fingerprint density at radius 1 is 1.10 bits per heavy atom. The van der Waals surface area contributed by atoms with Crippen LogP contribution in [0.4, 0.5) is 0 Å². The van der Waals surface area contributed by atoms with Crippen molar-refractivity contribution in [3.8, 4) is 0 Å². The van der Waals surface area contributed by atoms with Crippen LogP contribution in [0.15, 0.2) is 36.4 Å². The zero-order valence-corrected chi connectivity index (χ0v) is 11.0. The molecule has 0 spiro atoms. The van der Waals surface area contributed by atoms with Crippen molar-refractivity contribution < 1.29 is 19.1 Å². The Labute approximate surface area is 115 Å². The number of nitrogens with zero attached hydrogens (tertiary/aromatic N) is 1. The third-order valence-electron chi connectivity index (χ3n) is 2.71. The highest BCUT2D eigenvalue weighted by molar-refractivity contribution is 6.38. The quantitative estimate of drug-likeness (QED) is 0.359. The maximum absolute atomic E-state index is 11.9. The first-order valence-corrected chi connectivity index (χ1v) is 6.20. The monoisotopic (exact) mass is 271 g/mol. The minimum atomic E-state index is -0.985. The van der Waals surface area contributed by atoms with Gasteiger partial charge in [-0.2, -0.15) is 0 Å². The molecule has 5 heteroatoms. The van der Waals surface area contributed by atoms with E-state index in [2.05, 4.69) is 9.72 Å². The van der Waals surface area contributed by atoms with Crippen molar-refractivity contribution in [3.05, 3.63) is 42.1 Å². The summed E-state index contributed by atoms with van der Waals surface area (Å²) in [5.74, 6) is -2.33. The van der Waals surface area contributed by atoms with Crippen LogP contribution in [0.5, 0.6) is 0 Å². The summed E-state index contributed by atoms with van der Waals surface area (Å²) in [6.45, 7) is 1.70. The molecule has 102 valence electrons. The van der Waals surface area contributed by atoms with Crippen LogP contribution in [0, 0.1) is 0 Å². The maximum Gasteiger partial charge on any atom is 0.375 e. The van der Waals surface area contributed by atoms with Gasteiger partial charge in [0.15, 0.2) is 5.78 Å². The molecule has 0 bridgehead atoms. The Bertz CT molecular complexity index is 678. The van der Waals surface area contributed by atoms with Gasteiger partial charge in [-0.1, -0.05) is 24.3 Å². The van der Waals surface area contributed by atoms with Gasteiger partial charge in [0.05, 0.1) is 18.5 Å². The second-order valence-corrected chi connectivity index (χ2v) is 4.13. The van der Waals surface area contributed by atoms with Crippen molar-refractivity contribution >= 4 is 28.4 Å². The predicted molar refractivity (Wildman–Crippen MR) is 72.3 cm³/mol. The Morgan fingerprint density at radius 3 is 2.60 bits per heavy atom. The molecule has 2 aromatic rings. The summed E-state index contributed by atoms with van der Waals surface area (Å²) < 4.78 is 4.55. The van der Waals surface area contributed by atoms with E-state index in [9.17, 15) is 14.4 Å². The number of para-hydroxylation sites is 1. The van der Waals surface area contributed by atoms with Crippen LogP contribution in [-0.4, -0.2) is 29.1 Å². The second-order valence-electron chi connectivity index (χ2n) is 4.13. The number of aromatic nitrogens is 1. The Hall–Kier alpha value is -2.56. The Kier molecular flexibility index (Phi) is 4.20. The van der Waals surface area contributed by atoms with Gasteiger partial charge in [-0.3, -0.25) is 9.59 Å². The zero-order valence-electron chi connectivity index (χ0n) is 11.0. The van der Waals surface area contributed by atoms with E-state index in [1.54, 1.807) is 25.1 Å². The van der Waals surface area contributed by atoms with E-state index >= 15 is 0 Å². The zero-order chi connectivity index (χ0) is 14.5. The van der Waals surface area contributed by atoms with Gasteiger partial charge in [-0.05, 0) is 19.1 Å². The third-order valence-corrected chi connectivity index (χ3v) is 2.71. The smallest absolute Gasteiger partial charge is 0.375 e. The lowest BCUT2D eigenvalue weighted by atomic mass is 10.1.